The van der Waals surface area contributed by atoms with Crippen molar-refractivity contribution in [2.45, 2.75) is 27.7 Å². The maximum atomic E-state index is 11.2. The first kappa shape index (κ1) is 12.2. The summed E-state index contributed by atoms with van der Waals surface area (Å²) in [5, 5.41) is 4.69. The molecule has 1 rings (SSSR count). The van der Waals surface area contributed by atoms with Crippen molar-refractivity contribution in [2.24, 2.45) is 0 Å². The van der Waals surface area contributed by atoms with Gasteiger partial charge in [-0.2, -0.15) is 0 Å². The monoisotopic (exact) mass is 199 g/mol. The lowest BCUT2D eigenvalue weighted by Gasteiger charge is -1.98. The summed E-state index contributed by atoms with van der Waals surface area (Å²) >= 11 is 1.49. The fourth-order valence-electron chi connectivity index (χ4n) is 0.846. The second-order valence-corrected chi connectivity index (χ2v) is 3.21. The largest absolute Gasteiger partial charge is 0.352 e. The SMILES string of the molecule is CC.CCNC(=O)c1sccc1C. The van der Waals surface area contributed by atoms with Crippen LogP contribution in [0.15, 0.2) is 11.4 Å². The highest BCUT2D eigenvalue weighted by Gasteiger charge is 2.07. The lowest BCUT2D eigenvalue weighted by Crippen LogP contribution is -2.22. The van der Waals surface area contributed by atoms with Crippen LogP contribution in [0, 0.1) is 6.92 Å². The first-order valence-corrected chi connectivity index (χ1v) is 5.46. The number of nitrogens with one attached hydrogen (secondary N) is 1. The van der Waals surface area contributed by atoms with Gasteiger partial charge >= 0.3 is 0 Å². The van der Waals surface area contributed by atoms with Crippen molar-refractivity contribution in [3.63, 3.8) is 0 Å². The number of hydrogen-bond donors (Lipinski definition) is 1. The smallest absolute Gasteiger partial charge is 0.261 e. The van der Waals surface area contributed by atoms with Crippen LogP contribution in [0.1, 0.15) is 36.0 Å². The van der Waals surface area contributed by atoms with Crippen LogP contribution in [-0.4, -0.2) is 12.5 Å². The highest BCUT2D eigenvalue weighted by atomic mass is 32.1. The highest BCUT2D eigenvalue weighted by molar-refractivity contribution is 7.12. The van der Waals surface area contributed by atoms with Crippen LogP contribution in [0.2, 0.25) is 0 Å². The van der Waals surface area contributed by atoms with Crippen molar-refractivity contribution in [1.29, 1.82) is 0 Å². The molecule has 13 heavy (non-hydrogen) atoms. The summed E-state index contributed by atoms with van der Waals surface area (Å²) in [6.45, 7) is 8.55. The fourth-order valence-corrected chi connectivity index (χ4v) is 1.69. The molecule has 0 saturated carbocycles. The first-order valence-electron chi connectivity index (χ1n) is 4.58. The van der Waals surface area contributed by atoms with Crippen molar-refractivity contribution in [2.75, 3.05) is 6.54 Å². The molecule has 0 aromatic carbocycles. The highest BCUT2D eigenvalue weighted by Crippen LogP contribution is 2.14. The van der Waals surface area contributed by atoms with Gasteiger partial charge in [-0.25, -0.2) is 0 Å². The Balaban J connectivity index is 0.000000671. The average molecular weight is 199 g/mol. The maximum Gasteiger partial charge on any atom is 0.261 e. The third-order valence-electron chi connectivity index (χ3n) is 1.41. The average Bonchev–Trinajstić information content (AvgIpc) is 2.55. The molecule has 1 heterocycles. The van der Waals surface area contributed by atoms with Crippen LogP contribution in [-0.2, 0) is 0 Å². The zero-order valence-corrected chi connectivity index (χ0v) is 9.49. The molecule has 0 aliphatic rings. The summed E-state index contributed by atoms with van der Waals surface area (Å²) in [4.78, 5) is 12.1. The molecule has 0 saturated heterocycles. The van der Waals surface area contributed by atoms with Crippen LogP contribution in [0.5, 0.6) is 0 Å². The molecule has 1 aromatic heterocycles. The lowest BCUT2D eigenvalue weighted by molar-refractivity contribution is 0.0959. The van der Waals surface area contributed by atoms with Crippen molar-refractivity contribution in [3.8, 4) is 0 Å². The Hall–Kier alpha value is -0.830. The molecule has 0 unspecified atom stereocenters. The fraction of sp³-hybridized carbons (Fsp3) is 0.500. The Morgan fingerprint density at radius 1 is 1.54 bits per heavy atom. The third-order valence-corrected chi connectivity index (χ3v) is 2.42. The Bertz CT molecular complexity index is 255. The van der Waals surface area contributed by atoms with E-state index in [2.05, 4.69) is 5.32 Å². The summed E-state index contributed by atoms with van der Waals surface area (Å²) < 4.78 is 0. The summed E-state index contributed by atoms with van der Waals surface area (Å²) in [5.74, 6) is 0.0417. The van der Waals surface area contributed by atoms with Crippen molar-refractivity contribution in [3.05, 3.63) is 21.9 Å². The molecule has 0 fully saturated rings. The quantitative estimate of drug-likeness (QED) is 0.779. The molecule has 2 nitrogen and oxygen atoms in total. The second kappa shape index (κ2) is 6.66. The standard InChI is InChI=1S/C8H11NOS.C2H6/c1-3-9-8(10)7-6(2)4-5-11-7;1-2/h4-5H,3H2,1-2H3,(H,9,10);1-2H3. The number of thiophene rings is 1. The molecule has 3 heteroatoms. The molecule has 0 radical (unpaired) electrons. The molecule has 0 aliphatic carbocycles. The molecule has 1 aromatic rings. The summed E-state index contributed by atoms with van der Waals surface area (Å²) in [7, 11) is 0. The van der Waals surface area contributed by atoms with Crippen LogP contribution >= 0.6 is 11.3 Å². The molecule has 1 amide bonds. The van der Waals surface area contributed by atoms with E-state index in [4.69, 9.17) is 0 Å². The van der Waals surface area contributed by atoms with E-state index in [1.165, 1.54) is 11.3 Å². The Kier molecular flexibility index (Phi) is 6.24. The van der Waals surface area contributed by atoms with Gasteiger partial charge in [-0.05, 0) is 30.9 Å². The number of amides is 1. The van der Waals surface area contributed by atoms with Crippen molar-refractivity contribution < 1.29 is 4.79 Å². The predicted octanol–water partition coefficient (Wildman–Crippen LogP) is 2.83. The molecular weight excluding hydrogens is 182 g/mol. The van der Waals surface area contributed by atoms with Gasteiger partial charge < -0.3 is 5.32 Å². The van der Waals surface area contributed by atoms with Crippen LogP contribution in [0.4, 0.5) is 0 Å². The van der Waals surface area contributed by atoms with Crippen LogP contribution in [0.3, 0.4) is 0 Å². The van der Waals surface area contributed by atoms with Crippen LogP contribution < -0.4 is 5.32 Å². The van der Waals surface area contributed by atoms with E-state index in [0.717, 1.165) is 10.4 Å². The maximum absolute atomic E-state index is 11.2. The molecule has 0 atom stereocenters. The van der Waals surface area contributed by atoms with E-state index < -0.39 is 0 Å². The Morgan fingerprint density at radius 3 is 2.54 bits per heavy atom. The summed E-state index contributed by atoms with van der Waals surface area (Å²) in [6, 6.07) is 1.95. The van der Waals surface area contributed by atoms with Crippen molar-refractivity contribution >= 4 is 17.2 Å². The number of carbonyl (C=O) groups excluding carboxylic acids is 1. The lowest BCUT2D eigenvalue weighted by atomic mass is 10.3. The van der Waals surface area contributed by atoms with Gasteiger partial charge in [-0.1, -0.05) is 13.8 Å². The number of hydrogen-bond acceptors (Lipinski definition) is 2. The number of rotatable bonds is 2. The summed E-state index contributed by atoms with van der Waals surface area (Å²) in [5.41, 5.74) is 1.06. The van der Waals surface area contributed by atoms with Gasteiger partial charge in [0.15, 0.2) is 0 Å². The Morgan fingerprint density at radius 2 is 2.15 bits per heavy atom. The minimum atomic E-state index is 0.0417. The van der Waals surface area contributed by atoms with Gasteiger partial charge in [-0.3, -0.25) is 4.79 Å². The van der Waals surface area contributed by atoms with Gasteiger partial charge in [-0.15, -0.1) is 11.3 Å². The third kappa shape index (κ3) is 3.59. The van der Waals surface area contributed by atoms with E-state index in [9.17, 15) is 4.79 Å². The zero-order chi connectivity index (χ0) is 10.3. The van der Waals surface area contributed by atoms with E-state index in [-0.39, 0.29) is 5.91 Å². The van der Waals surface area contributed by atoms with E-state index in [1.54, 1.807) is 0 Å². The zero-order valence-electron chi connectivity index (χ0n) is 8.68. The van der Waals surface area contributed by atoms with E-state index in [0.29, 0.717) is 6.54 Å². The molecule has 0 aliphatic heterocycles. The molecular formula is C10H17NOS. The minimum absolute atomic E-state index is 0.0417. The number of carbonyl (C=O) groups is 1. The van der Waals surface area contributed by atoms with Gasteiger partial charge in [0.25, 0.3) is 5.91 Å². The van der Waals surface area contributed by atoms with E-state index in [1.807, 2.05) is 39.1 Å². The second-order valence-electron chi connectivity index (χ2n) is 2.29. The first-order chi connectivity index (χ1) is 6.25. The van der Waals surface area contributed by atoms with Gasteiger partial charge in [0.05, 0.1) is 4.88 Å². The van der Waals surface area contributed by atoms with E-state index >= 15 is 0 Å². The topological polar surface area (TPSA) is 29.1 Å². The summed E-state index contributed by atoms with van der Waals surface area (Å²) in [6.07, 6.45) is 0. The normalized spacial score (nSPS) is 8.62. The van der Waals surface area contributed by atoms with Crippen LogP contribution in [0.25, 0.3) is 0 Å². The van der Waals surface area contributed by atoms with Crippen molar-refractivity contribution in [1.82, 2.24) is 5.32 Å². The molecule has 74 valence electrons. The van der Waals surface area contributed by atoms with Gasteiger partial charge in [0.2, 0.25) is 0 Å². The van der Waals surface area contributed by atoms with Gasteiger partial charge in [0.1, 0.15) is 0 Å². The Labute approximate surface area is 84.0 Å². The predicted molar refractivity (Wildman–Crippen MR) is 58.4 cm³/mol. The molecule has 0 spiro atoms. The minimum Gasteiger partial charge on any atom is -0.352 e. The number of aryl methyl sites for hydroxylation is 1. The van der Waals surface area contributed by atoms with Gasteiger partial charge in [0, 0.05) is 6.54 Å². The molecule has 1 N–H and O–H groups in total. The molecule has 0 bridgehead atoms.